The molecule has 3 amide bonds. The summed E-state index contributed by atoms with van der Waals surface area (Å²) >= 11 is 6.18. The molecule has 160 valence electrons. The number of para-hydroxylation sites is 1. The Balaban J connectivity index is 1.53. The van der Waals surface area contributed by atoms with E-state index in [1.54, 1.807) is 54.6 Å². The van der Waals surface area contributed by atoms with Gasteiger partial charge in [-0.2, -0.15) is 0 Å². The summed E-state index contributed by atoms with van der Waals surface area (Å²) < 4.78 is 0. The van der Waals surface area contributed by atoms with Crippen LogP contribution in [0.25, 0.3) is 0 Å². The van der Waals surface area contributed by atoms with Crippen molar-refractivity contribution >= 4 is 46.4 Å². The van der Waals surface area contributed by atoms with Crippen molar-refractivity contribution in [3.63, 3.8) is 0 Å². The van der Waals surface area contributed by atoms with Crippen LogP contribution in [-0.4, -0.2) is 17.7 Å². The minimum Gasteiger partial charge on any atom is -0.350 e. The highest BCUT2D eigenvalue weighted by molar-refractivity contribution is 6.53. The lowest BCUT2D eigenvalue weighted by Crippen LogP contribution is -2.32. The van der Waals surface area contributed by atoms with Gasteiger partial charge >= 0.3 is 0 Å². The molecule has 0 saturated heterocycles. The largest absolute Gasteiger partial charge is 0.350 e. The second-order valence-electron chi connectivity index (χ2n) is 7.43. The molecule has 3 aromatic carbocycles. The average Bonchev–Trinajstić information content (AvgIpc) is 3.00. The van der Waals surface area contributed by atoms with Crippen LogP contribution in [0, 0.1) is 13.8 Å². The maximum absolute atomic E-state index is 12.9. The van der Waals surface area contributed by atoms with Gasteiger partial charge in [0.1, 0.15) is 10.7 Å². The molecule has 0 atom stereocenters. The fourth-order valence-corrected chi connectivity index (χ4v) is 3.54. The molecule has 6 nitrogen and oxygen atoms in total. The van der Waals surface area contributed by atoms with Crippen LogP contribution in [0.4, 0.5) is 17.1 Å². The minimum atomic E-state index is -0.603. The third-order valence-corrected chi connectivity index (χ3v) is 5.55. The maximum Gasteiger partial charge on any atom is 0.283 e. The van der Waals surface area contributed by atoms with Gasteiger partial charge in [0.2, 0.25) is 0 Å². The number of benzene rings is 3. The molecule has 0 aliphatic carbocycles. The number of nitrogens with one attached hydrogen (secondary N) is 2. The highest BCUT2D eigenvalue weighted by atomic mass is 35.5. The minimum absolute atomic E-state index is 0.0350. The molecule has 0 bridgehead atoms. The summed E-state index contributed by atoms with van der Waals surface area (Å²) in [6.07, 6.45) is 0. The van der Waals surface area contributed by atoms with Crippen LogP contribution >= 0.6 is 11.6 Å². The summed E-state index contributed by atoms with van der Waals surface area (Å²) in [5, 5.41) is 5.56. The van der Waals surface area contributed by atoms with Crippen molar-refractivity contribution in [2.45, 2.75) is 13.8 Å². The van der Waals surface area contributed by atoms with Crippen molar-refractivity contribution in [3.8, 4) is 0 Å². The van der Waals surface area contributed by atoms with Crippen LogP contribution in [-0.2, 0) is 9.59 Å². The molecular formula is C25H20ClN3O3. The molecule has 0 fully saturated rings. The number of amides is 3. The number of imide groups is 1. The van der Waals surface area contributed by atoms with Crippen LogP contribution < -0.4 is 15.5 Å². The predicted molar refractivity (Wildman–Crippen MR) is 126 cm³/mol. The number of nitrogens with zero attached hydrogens (tertiary/aromatic N) is 1. The number of anilines is 3. The molecule has 0 radical (unpaired) electrons. The van der Waals surface area contributed by atoms with Gasteiger partial charge in [-0.15, -0.1) is 0 Å². The van der Waals surface area contributed by atoms with E-state index in [4.69, 9.17) is 11.6 Å². The molecule has 0 aromatic heterocycles. The molecule has 1 aliphatic heterocycles. The Hall–Kier alpha value is -3.90. The zero-order valence-corrected chi connectivity index (χ0v) is 18.2. The van der Waals surface area contributed by atoms with E-state index in [-0.39, 0.29) is 16.6 Å². The summed E-state index contributed by atoms with van der Waals surface area (Å²) in [4.78, 5) is 39.2. The van der Waals surface area contributed by atoms with E-state index in [9.17, 15) is 14.4 Å². The van der Waals surface area contributed by atoms with E-state index in [0.717, 1.165) is 16.0 Å². The van der Waals surface area contributed by atoms with Gasteiger partial charge in [-0.05, 0) is 67.4 Å². The van der Waals surface area contributed by atoms with Crippen molar-refractivity contribution in [3.05, 3.63) is 100 Å². The molecule has 2 N–H and O–H groups in total. The molecule has 4 rings (SSSR count). The Kier molecular flexibility index (Phi) is 5.79. The predicted octanol–water partition coefficient (Wildman–Crippen LogP) is 4.99. The molecule has 1 heterocycles. The first-order valence-corrected chi connectivity index (χ1v) is 10.3. The first-order valence-electron chi connectivity index (χ1n) is 9.94. The third-order valence-electron chi connectivity index (χ3n) is 5.20. The maximum atomic E-state index is 12.9. The molecule has 7 heteroatoms. The SMILES string of the molecule is Cc1ccc(NC(=O)c2cccc(NC3=C(Cl)C(=O)N(c4ccccc4)C3=O)c2)cc1C. The topological polar surface area (TPSA) is 78.5 Å². The second kappa shape index (κ2) is 8.69. The summed E-state index contributed by atoms with van der Waals surface area (Å²) in [7, 11) is 0. The molecule has 32 heavy (non-hydrogen) atoms. The zero-order valence-electron chi connectivity index (χ0n) is 17.5. The lowest BCUT2D eigenvalue weighted by molar-refractivity contribution is -0.120. The van der Waals surface area contributed by atoms with E-state index in [1.165, 1.54) is 0 Å². The number of aryl methyl sites for hydroxylation is 2. The summed E-state index contributed by atoms with van der Waals surface area (Å²) in [6, 6.07) is 20.9. The van der Waals surface area contributed by atoms with Crippen molar-refractivity contribution < 1.29 is 14.4 Å². The molecule has 1 aliphatic rings. The number of halogens is 1. The molecule has 3 aromatic rings. The Labute approximate surface area is 190 Å². The summed E-state index contributed by atoms with van der Waals surface area (Å²) in [6.45, 7) is 3.98. The monoisotopic (exact) mass is 445 g/mol. The van der Waals surface area contributed by atoms with Crippen molar-refractivity contribution in [2.75, 3.05) is 15.5 Å². The van der Waals surface area contributed by atoms with Crippen molar-refractivity contribution in [2.24, 2.45) is 0 Å². The average molecular weight is 446 g/mol. The number of rotatable bonds is 5. The number of carbonyl (C=O) groups excluding carboxylic acids is 3. The van der Waals surface area contributed by atoms with Gasteiger partial charge in [0.25, 0.3) is 17.7 Å². The lowest BCUT2D eigenvalue weighted by Gasteiger charge is -2.15. The van der Waals surface area contributed by atoms with Crippen molar-refractivity contribution in [1.29, 1.82) is 0 Å². The Morgan fingerprint density at radius 3 is 2.28 bits per heavy atom. The number of carbonyl (C=O) groups is 3. The van der Waals surface area contributed by atoms with E-state index < -0.39 is 11.8 Å². The third kappa shape index (κ3) is 4.13. The van der Waals surface area contributed by atoms with Crippen LogP contribution in [0.2, 0.25) is 0 Å². The second-order valence-corrected chi connectivity index (χ2v) is 7.81. The molecule has 0 unspecified atom stereocenters. The van der Waals surface area contributed by atoms with Gasteiger partial charge in [0, 0.05) is 16.9 Å². The Morgan fingerprint density at radius 1 is 0.812 bits per heavy atom. The number of hydrogen-bond donors (Lipinski definition) is 2. The van der Waals surface area contributed by atoms with E-state index >= 15 is 0 Å². The van der Waals surface area contributed by atoms with Gasteiger partial charge in [0.15, 0.2) is 0 Å². The highest BCUT2D eigenvalue weighted by Crippen LogP contribution is 2.30. The summed E-state index contributed by atoms with van der Waals surface area (Å²) in [5.41, 5.74) is 4.15. The molecule has 0 spiro atoms. The summed E-state index contributed by atoms with van der Waals surface area (Å²) in [5.74, 6) is -1.46. The van der Waals surface area contributed by atoms with Crippen LogP contribution in [0.5, 0.6) is 0 Å². The van der Waals surface area contributed by atoms with Gasteiger partial charge in [0.05, 0.1) is 5.69 Å². The first-order chi connectivity index (χ1) is 15.3. The van der Waals surface area contributed by atoms with E-state index in [0.29, 0.717) is 22.6 Å². The quantitative estimate of drug-likeness (QED) is 0.542. The Morgan fingerprint density at radius 2 is 1.56 bits per heavy atom. The van der Waals surface area contributed by atoms with E-state index in [1.807, 2.05) is 32.0 Å². The highest BCUT2D eigenvalue weighted by Gasteiger charge is 2.38. The van der Waals surface area contributed by atoms with Gasteiger partial charge in [-0.25, -0.2) is 4.90 Å². The van der Waals surface area contributed by atoms with Crippen LogP contribution in [0.3, 0.4) is 0 Å². The van der Waals surface area contributed by atoms with Gasteiger partial charge in [-0.3, -0.25) is 14.4 Å². The standard InChI is InChI=1S/C25H20ClN3O3/c1-15-11-12-19(13-16(15)2)28-23(30)17-7-6-8-18(14-17)27-22-21(26)24(31)29(25(22)32)20-9-4-3-5-10-20/h3-14,27H,1-2H3,(H,28,30). The smallest absolute Gasteiger partial charge is 0.283 e. The van der Waals surface area contributed by atoms with Gasteiger partial charge < -0.3 is 10.6 Å². The van der Waals surface area contributed by atoms with Crippen LogP contribution in [0.1, 0.15) is 21.5 Å². The zero-order chi connectivity index (χ0) is 22.8. The van der Waals surface area contributed by atoms with E-state index in [2.05, 4.69) is 10.6 Å². The van der Waals surface area contributed by atoms with Crippen molar-refractivity contribution in [1.82, 2.24) is 0 Å². The van der Waals surface area contributed by atoms with Crippen LogP contribution in [0.15, 0.2) is 83.5 Å². The first kappa shape index (κ1) is 21.3. The fourth-order valence-electron chi connectivity index (χ4n) is 3.33. The molecular weight excluding hydrogens is 426 g/mol. The lowest BCUT2D eigenvalue weighted by atomic mass is 10.1. The van der Waals surface area contributed by atoms with Gasteiger partial charge in [-0.1, -0.05) is 41.9 Å². The Bertz CT molecular complexity index is 1270. The normalized spacial score (nSPS) is 13.5. The fraction of sp³-hybridized carbons (Fsp3) is 0.0800. The molecule has 0 saturated carbocycles. The number of hydrogen-bond acceptors (Lipinski definition) is 4.